The summed E-state index contributed by atoms with van der Waals surface area (Å²) in [7, 11) is 0. The molecular weight excluding hydrogens is 369 g/mol. The molecule has 3 rings (SSSR count). The molecule has 1 aliphatic carbocycles. The van der Waals surface area contributed by atoms with Gasteiger partial charge < -0.3 is 5.32 Å². The third-order valence-electron chi connectivity index (χ3n) is 3.47. The van der Waals surface area contributed by atoms with Crippen LogP contribution in [-0.2, 0) is 6.54 Å². The molecule has 0 radical (unpaired) electrons. The monoisotopic (exact) mass is 383 g/mol. The van der Waals surface area contributed by atoms with Gasteiger partial charge in [0.2, 0.25) is 0 Å². The molecule has 2 aromatic rings. The van der Waals surface area contributed by atoms with Gasteiger partial charge in [0.05, 0.1) is 0 Å². The highest BCUT2D eigenvalue weighted by atomic mass is 127. The second kappa shape index (κ2) is 5.71. The number of halogens is 2. The molecule has 1 fully saturated rings. The van der Waals surface area contributed by atoms with Gasteiger partial charge in [0.15, 0.2) is 0 Å². The first-order valence-corrected chi connectivity index (χ1v) is 7.96. The van der Waals surface area contributed by atoms with Gasteiger partial charge >= 0.3 is 0 Å². The first-order valence-electron chi connectivity index (χ1n) is 6.51. The first kappa shape index (κ1) is 13.3. The molecule has 0 aromatic heterocycles. The predicted octanol–water partition coefficient (Wildman–Crippen LogP) is 5.43. The van der Waals surface area contributed by atoms with Gasteiger partial charge in [-0.15, -0.1) is 0 Å². The Bertz CT molecular complexity index is 593. The normalized spacial score (nSPS) is 14.4. The highest BCUT2D eigenvalue weighted by molar-refractivity contribution is 14.1. The lowest BCUT2D eigenvalue weighted by Crippen LogP contribution is -2.03. The van der Waals surface area contributed by atoms with E-state index in [-0.39, 0.29) is 0 Å². The quantitative estimate of drug-likeness (QED) is 0.694. The Morgan fingerprint density at radius 3 is 2.68 bits per heavy atom. The van der Waals surface area contributed by atoms with Crippen molar-refractivity contribution in [3.05, 3.63) is 62.2 Å². The molecular formula is C16H15ClIN. The van der Waals surface area contributed by atoms with Crippen LogP contribution in [0.15, 0.2) is 42.5 Å². The van der Waals surface area contributed by atoms with E-state index in [1.165, 1.54) is 24.0 Å². The van der Waals surface area contributed by atoms with Crippen LogP contribution in [-0.4, -0.2) is 0 Å². The highest BCUT2D eigenvalue weighted by Crippen LogP contribution is 2.41. The van der Waals surface area contributed by atoms with Crippen molar-refractivity contribution >= 4 is 39.9 Å². The van der Waals surface area contributed by atoms with E-state index >= 15 is 0 Å². The standard InChI is InChI=1S/C16H15ClIN/c17-13-7-8-16(15(18)9-13)19-10-12-3-1-2-4-14(12)11-5-6-11/h1-4,7-9,11,19H,5-6,10H2. The molecule has 1 N–H and O–H groups in total. The Hall–Kier alpha value is -0.740. The third kappa shape index (κ3) is 3.23. The second-order valence-electron chi connectivity index (χ2n) is 4.95. The Labute approximate surface area is 132 Å². The van der Waals surface area contributed by atoms with Crippen molar-refractivity contribution in [1.29, 1.82) is 0 Å². The summed E-state index contributed by atoms with van der Waals surface area (Å²) < 4.78 is 1.16. The number of rotatable bonds is 4. The molecule has 0 atom stereocenters. The Balaban J connectivity index is 1.75. The van der Waals surface area contributed by atoms with Gasteiger partial charge in [0.25, 0.3) is 0 Å². The van der Waals surface area contributed by atoms with Crippen molar-refractivity contribution in [3.63, 3.8) is 0 Å². The smallest absolute Gasteiger partial charge is 0.0479 e. The number of benzene rings is 2. The number of hydrogen-bond acceptors (Lipinski definition) is 1. The van der Waals surface area contributed by atoms with E-state index in [0.29, 0.717) is 0 Å². The van der Waals surface area contributed by atoms with Gasteiger partial charge in [-0.1, -0.05) is 35.9 Å². The van der Waals surface area contributed by atoms with E-state index in [2.05, 4.69) is 52.2 Å². The zero-order chi connectivity index (χ0) is 13.2. The lowest BCUT2D eigenvalue weighted by Gasteiger charge is -2.12. The summed E-state index contributed by atoms with van der Waals surface area (Å²) in [6.07, 6.45) is 2.69. The van der Waals surface area contributed by atoms with E-state index in [1.807, 2.05) is 18.2 Å². The van der Waals surface area contributed by atoms with E-state index in [4.69, 9.17) is 11.6 Å². The molecule has 0 spiro atoms. The summed E-state index contributed by atoms with van der Waals surface area (Å²) in [4.78, 5) is 0. The Morgan fingerprint density at radius 1 is 1.16 bits per heavy atom. The molecule has 0 bridgehead atoms. The van der Waals surface area contributed by atoms with E-state index in [9.17, 15) is 0 Å². The average Bonchev–Trinajstić information content (AvgIpc) is 3.22. The molecule has 0 aliphatic heterocycles. The molecule has 0 saturated heterocycles. The third-order valence-corrected chi connectivity index (χ3v) is 4.60. The summed E-state index contributed by atoms with van der Waals surface area (Å²) in [6, 6.07) is 14.7. The molecule has 1 aliphatic rings. The zero-order valence-electron chi connectivity index (χ0n) is 10.5. The maximum atomic E-state index is 5.98. The minimum absolute atomic E-state index is 0.785. The SMILES string of the molecule is Clc1ccc(NCc2ccccc2C2CC2)c(I)c1. The lowest BCUT2D eigenvalue weighted by molar-refractivity contribution is 1.03. The molecule has 3 heteroatoms. The fourth-order valence-electron chi connectivity index (χ4n) is 2.31. The molecule has 1 nitrogen and oxygen atoms in total. The van der Waals surface area contributed by atoms with Gasteiger partial charge in [-0.25, -0.2) is 0 Å². The maximum Gasteiger partial charge on any atom is 0.0479 e. The molecule has 0 heterocycles. The van der Waals surface area contributed by atoms with Gasteiger partial charge in [-0.2, -0.15) is 0 Å². The average molecular weight is 384 g/mol. The number of anilines is 1. The van der Waals surface area contributed by atoms with Gasteiger partial charge in [-0.3, -0.25) is 0 Å². The molecule has 1 saturated carbocycles. The molecule has 0 amide bonds. The Kier molecular flexibility index (Phi) is 3.99. The van der Waals surface area contributed by atoms with Gasteiger partial charge in [0, 0.05) is 20.8 Å². The zero-order valence-corrected chi connectivity index (χ0v) is 13.4. The minimum Gasteiger partial charge on any atom is -0.380 e. The van der Waals surface area contributed by atoms with Crippen molar-refractivity contribution in [1.82, 2.24) is 0 Å². The largest absolute Gasteiger partial charge is 0.380 e. The molecule has 0 unspecified atom stereocenters. The van der Waals surface area contributed by atoms with Crippen molar-refractivity contribution in [2.75, 3.05) is 5.32 Å². The van der Waals surface area contributed by atoms with Crippen LogP contribution in [0.4, 0.5) is 5.69 Å². The highest BCUT2D eigenvalue weighted by Gasteiger charge is 2.25. The summed E-state index contributed by atoms with van der Waals surface area (Å²) in [6.45, 7) is 0.879. The lowest BCUT2D eigenvalue weighted by atomic mass is 10.0. The van der Waals surface area contributed by atoms with Crippen LogP contribution in [0.25, 0.3) is 0 Å². The maximum absolute atomic E-state index is 5.98. The van der Waals surface area contributed by atoms with E-state index in [0.717, 1.165) is 26.7 Å². The Morgan fingerprint density at radius 2 is 1.95 bits per heavy atom. The van der Waals surface area contributed by atoms with Crippen molar-refractivity contribution < 1.29 is 0 Å². The number of nitrogens with one attached hydrogen (secondary N) is 1. The van der Waals surface area contributed by atoms with Crippen LogP contribution in [0, 0.1) is 3.57 Å². The van der Waals surface area contributed by atoms with Crippen LogP contribution >= 0.6 is 34.2 Å². The summed E-state index contributed by atoms with van der Waals surface area (Å²) in [5, 5.41) is 4.30. The summed E-state index contributed by atoms with van der Waals surface area (Å²) in [5.41, 5.74) is 4.07. The van der Waals surface area contributed by atoms with Crippen LogP contribution in [0.1, 0.15) is 29.9 Å². The fraction of sp³-hybridized carbons (Fsp3) is 0.250. The van der Waals surface area contributed by atoms with Crippen molar-refractivity contribution in [3.8, 4) is 0 Å². The minimum atomic E-state index is 0.785. The van der Waals surface area contributed by atoms with Gasteiger partial charge in [0.1, 0.15) is 0 Å². The van der Waals surface area contributed by atoms with Crippen molar-refractivity contribution in [2.45, 2.75) is 25.3 Å². The fourth-order valence-corrected chi connectivity index (χ4v) is 3.37. The van der Waals surface area contributed by atoms with Crippen LogP contribution in [0.2, 0.25) is 5.02 Å². The van der Waals surface area contributed by atoms with Crippen LogP contribution in [0.3, 0.4) is 0 Å². The first-order chi connectivity index (χ1) is 9.24. The summed E-state index contributed by atoms with van der Waals surface area (Å²) >= 11 is 8.29. The molecule has 19 heavy (non-hydrogen) atoms. The van der Waals surface area contributed by atoms with Crippen LogP contribution in [0.5, 0.6) is 0 Å². The van der Waals surface area contributed by atoms with Crippen LogP contribution < -0.4 is 5.32 Å². The van der Waals surface area contributed by atoms with Crippen molar-refractivity contribution in [2.24, 2.45) is 0 Å². The van der Waals surface area contributed by atoms with E-state index < -0.39 is 0 Å². The molecule has 98 valence electrons. The molecule has 2 aromatic carbocycles. The van der Waals surface area contributed by atoms with Gasteiger partial charge in [-0.05, 0) is 70.7 Å². The second-order valence-corrected chi connectivity index (χ2v) is 6.55. The summed E-state index contributed by atoms with van der Waals surface area (Å²) in [5.74, 6) is 0.794. The topological polar surface area (TPSA) is 12.0 Å². The predicted molar refractivity (Wildman–Crippen MR) is 89.9 cm³/mol. The van der Waals surface area contributed by atoms with E-state index in [1.54, 1.807) is 0 Å². The number of hydrogen-bond donors (Lipinski definition) is 1.